The van der Waals surface area contributed by atoms with Gasteiger partial charge in [-0.15, -0.1) is 0 Å². The van der Waals surface area contributed by atoms with E-state index in [-0.39, 0.29) is 18.1 Å². The van der Waals surface area contributed by atoms with E-state index < -0.39 is 0 Å². The molecular formula is C14H21NO2. The zero-order valence-electron chi connectivity index (χ0n) is 10.5. The third-order valence-electron chi connectivity index (χ3n) is 2.99. The molecule has 1 fully saturated rings. The minimum absolute atomic E-state index is 0.0966. The predicted octanol–water partition coefficient (Wildman–Crippen LogP) is 2.71. The summed E-state index contributed by atoms with van der Waals surface area (Å²) in [6.45, 7) is 12.9. The Balaban J connectivity index is 2.30. The van der Waals surface area contributed by atoms with Gasteiger partial charge in [-0.1, -0.05) is 19.7 Å². The van der Waals surface area contributed by atoms with E-state index >= 15 is 0 Å². The van der Waals surface area contributed by atoms with Crippen LogP contribution in [0.1, 0.15) is 32.6 Å². The fourth-order valence-electron chi connectivity index (χ4n) is 1.89. The first-order valence-electron chi connectivity index (χ1n) is 5.97. The van der Waals surface area contributed by atoms with Gasteiger partial charge in [-0.2, -0.15) is 0 Å². The smallest absolute Gasteiger partial charge is 0.243 e. The van der Waals surface area contributed by atoms with Gasteiger partial charge in [-0.3, -0.25) is 4.79 Å². The van der Waals surface area contributed by atoms with Gasteiger partial charge in [0.2, 0.25) is 5.91 Å². The molecule has 1 saturated carbocycles. The van der Waals surface area contributed by atoms with Crippen LogP contribution in [0.25, 0.3) is 0 Å². The Labute approximate surface area is 103 Å². The van der Waals surface area contributed by atoms with Crippen LogP contribution in [0.5, 0.6) is 0 Å². The van der Waals surface area contributed by atoms with Crippen molar-refractivity contribution in [2.45, 2.75) is 44.8 Å². The third-order valence-corrected chi connectivity index (χ3v) is 2.99. The Bertz CT molecular complexity index is 325. The van der Waals surface area contributed by atoms with Crippen molar-refractivity contribution >= 4 is 5.91 Å². The summed E-state index contributed by atoms with van der Waals surface area (Å²) in [6, 6.07) is 0.249. The molecule has 0 aromatic carbocycles. The zero-order valence-corrected chi connectivity index (χ0v) is 10.5. The minimum Gasteiger partial charge on any atom is -0.491 e. The Hall–Kier alpha value is -1.51. The summed E-state index contributed by atoms with van der Waals surface area (Å²) in [4.78, 5) is 11.1. The number of ether oxygens (including phenoxy) is 1. The third kappa shape index (κ3) is 4.47. The molecule has 1 N–H and O–H groups in total. The number of hydrogen-bond acceptors (Lipinski definition) is 2. The Kier molecular flexibility index (Phi) is 5.01. The fraction of sp³-hybridized carbons (Fsp3) is 0.500. The Morgan fingerprint density at radius 3 is 2.35 bits per heavy atom. The Morgan fingerprint density at radius 1 is 1.29 bits per heavy atom. The fourth-order valence-corrected chi connectivity index (χ4v) is 1.89. The monoisotopic (exact) mass is 235 g/mol. The molecule has 1 aliphatic carbocycles. The number of carbonyl (C=O) groups excluding carboxylic acids is 1. The lowest BCUT2D eigenvalue weighted by atomic mass is 9.93. The molecule has 0 unspecified atom stereocenters. The molecule has 0 saturated heterocycles. The highest BCUT2D eigenvalue weighted by Crippen LogP contribution is 2.24. The predicted molar refractivity (Wildman–Crippen MR) is 69.4 cm³/mol. The molecule has 0 spiro atoms. The van der Waals surface area contributed by atoms with Crippen LogP contribution in [0.4, 0.5) is 0 Å². The van der Waals surface area contributed by atoms with Gasteiger partial charge in [-0.25, -0.2) is 0 Å². The second-order valence-electron chi connectivity index (χ2n) is 4.51. The maximum atomic E-state index is 11.1. The molecule has 1 rings (SSSR count). The molecule has 17 heavy (non-hydrogen) atoms. The number of carbonyl (C=O) groups is 1. The summed E-state index contributed by atoms with van der Waals surface area (Å²) in [5, 5.41) is 2.91. The van der Waals surface area contributed by atoms with Crippen molar-refractivity contribution in [2.24, 2.45) is 0 Å². The second kappa shape index (κ2) is 6.28. The van der Waals surface area contributed by atoms with Crippen molar-refractivity contribution in [1.82, 2.24) is 5.32 Å². The molecule has 0 atom stereocenters. The van der Waals surface area contributed by atoms with Gasteiger partial charge in [0.15, 0.2) is 0 Å². The number of nitrogens with one attached hydrogen (secondary N) is 1. The van der Waals surface area contributed by atoms with Crippen LogP contribution in [0.15, 0.2) is 37.1 Å². The average molecular weight is 235 g/mol. The molecule has 1 aliphatic rings. The quantitative estimate of drug-likeness (QED) is 0.452. The van der Waals surface area contributed by atoms with Gasteiger partial charge in [0.25, 0.3) is 0 Å². The standard InChI is InChI=1S/C14H21NO2/c1-5-14(16)15-12-6-8-13(9-7-12)17-11(4)10(2)3/h5,12-13H,1-2,4,6-9H2,3H3,(H,15,16). The van der Waals surface area contributed by atoms with E-state index in [0.29, 0.717) is 5.76 Å². The van der Waals surface area contributed by atoms with Crippen molar-refractivity contribution in [1.29, 1.82) is 0 Å². The summed E-state index contributed by atoms with van der Waals surface area (Å²) < 4.78 is 5.71. The van der Waals surface area contributed by atoms with Gasteiger partial charge in [0, 0.05) is 6.04 Å². The SMILES string of the molecule is C=CC(=O)NC1CCC(OC(=C)C(=C)C)CC1. The summed E-state index contributed by atoms with van der Waals surface area (Å²) in [7, 11) is 0. The molecule has 3 heteroatoms. The van der Waals surface area contributed by atoms with Crippen molar-refractivity contribution in [3.8, 4) is 0 Å². The number of hydrogen-bond donors (Lipinski definition) is 1. The molecule has 0 aliphatic heterocycles. The van der Waals surface area contributed by atoms with Crippen molar-refractivity contribution in [3.63, 3.8) is 0 Å². The van der Waals surface area contributed by atoms with Gasteiger partial charge in [-0.05, 0) is 44.3 Å². The van der Waals surface area contributed by atoms with Crippen molar-refractivity contribution < 1.29 is 9.53 Å². The van der Waals surface area contributed by atoms with Crippen LogP contribution in [-0.4, -0.2) is 18.1 Å². The molecular weight excluding hydrogens is 214 g/mol. The van der Waals surface area contributed by atoms with E-state index in [1.165, 1.54) is 6.08 Å². The van der Waals surface area contributed by atoms with Crippen LogP contribution >= 0.6 is 0 Å². The lowest BCUT2D eigenvalue weighted by molar-refractivity contribution is -0.117. The number of rotatable bonds is 5. The molecule has 0 bridgehead atoms. The second-order valence-corrected chi connectivity index (χ2v) is 4.51. The topological polar surface area (TPSA) is 38.3 Å². The van der Waals surface area contributed by atoms with Crippen molar-refractivity contribution in [3.05, 3.63) is 37.1 Å². The van der Waals surface area contributed by atoms with Crippen LogP contribution < -0.4 is 5.32 Å². The summed E-state index contributed by atoms with van der Waals surface area (Å²) in [5.74, 6) is 0.573. The minimum atomic E-state index is -0.0966. The molecule has 3 nitrogen and oxygen atoms in total. The summed E-state index contributed by atoms with van der Waals surface area (Å²) in [5.41, 5.74) is 0.868. The van der Waals surface area contributed by atoms with Crippen LogP contribution in [0, 0.1) is 0 Å². The lowest BCUT2D eigenvalue weighted by Gasteiger charge is -2.29. The highest BCUT2D eigenvalue weighted by Gasteiger charge is 2.23. The largest absolute Gasteiger partial charge is 0.491 e. The number of allylic oxidation sites excluding steroid dienone is 1. The molecule has 94 valence electrons. The molecule has 0 radical (unpaired) electrons. The number of amides is 1. The van der Waals surface area contributed by atoms with Gasteiger partial charge >= 0.3 is 0 Å². The maximum Gasteiger partial charge on any atom is 0.243 e. The van der Waals surface area contributed by atoms with E-state index in [0.717, 1.165) is 31.3 Å². The first-order valence-corrected chi connectivity index (χ1v) is 5.97. The van der Waals surface area contributed by atoms with Gasteiger partial charge in [0.1, 0.15) is 5.76 Å². The van der Waals surface area contributed by atoms with Gasteiger partial charge in [0.05, 0.1) is 6.10 Å². The first kappa shape index (κ1) is 13.6. The van der Waals surface area contributed by atoms with E-state index in [1.54, 1.807) is 0 Å². The molecule has 0 aromatic rings. The average Bonchev–Trinajstić information content (AvgIpc) is 2.31. The molecule has 0 aromatic heterocycles. The van der Waals surface area contributed by atoms with Crippen molar-refractivity contribution in [2.75, 3.05) is 0 Å². The lowest BCUT2D eigenvalue weighted by Crippen LogP contribution is -2.38. The maximum absolute atomic E-state index is 11.1. The highest BCUT2D eigenvalue weighted by molar-refractivity contribution is 5.87. The van der Waals surface area contributed by atoms with E-state index in [4.69, 9.17) is 4.74 Å². The first-order chi connectivity index (χ1) is 8.02. The summed E-state index contributed by atoms with van der Waals surface area (Å²) >= 11 is 0. The normalized spacial score (nSPS) is 23.6. The Morgan fingerprint density at radius 2 is 1.88 bits per heavy atom. The summed E-state index contributed by atoms with van der Waals surface area (Å²) in [6.07, 6.45) is 5.27. The highest BCUT2D eigenvalue weighted by atomic mass is 16.5. The van der Waals surface area contributed by atoms with Gasteiger partial charge < -0.3 is 10.1 Å². The van der Waals surface area contributed by atoms with E-state index in [9.17, 15) is 4.79 Å². The van der Waals surface area contributed by atoms with E-state index in [1.807, 2.05) is 6.92 Å². The van der Waals surface area contributed by atoms with E-state index in [2.05, 4.69) is 25.1 Å². The van der Waals surface area contributed by atoms with Crippen LogP contribution in [-0.2, 0) is 9.53 Å². The van der Waals surface area contributed by atoms with Crippen LogP contribution in [0.3, 0.4) is 0 Å². The molecule has 0 heterocycles. The molecule has 1 amide bonds. The van der Waals surface area contributed by atoms with Crippen LogP contribution in [0.2, 0.25) is 0 Å². The zero-order chi connectivity index (χ0) is 12.8.